The van der Waals surface area contributed by atoms with Crippen LogP contribution in [0.5, 0.6) is 5.75 Å². The maximum atomic E-state index is 12.4. The first-order valence-corrected chi connectivity index (χ1v) is 6.50. The fourth-order valence-corrected chi connectivity index (χ4v) is 2.32. The Morgan fingerprint density at radius 2 is 2.18 bits per heavy atom. The molecule has 0 saturated heterocycles. The molecule has 1 amide bonds. The van der Waals surface area contributed by atoms with Crippen molar-refractivity contribution >= 4 is 5.91 Å². The molecule has 0 unspecified atom stereocenters. The summed E-state index contributed by atoms with van der Waals surface area (Å²) in [5, 5.41) is 3.67. The molecule has 1 aliphatic rings. The highest BCUT2D eigenvalue weighted by Crippen LogP contribution is 2.25. The van der Waals surface area contributed by atoms with Gasteiger partial charge in [-0.15, -0.1) is 13.2 Å². The molecule has 0 saturated carbocycles. The zero-order valence-corrected chi connectivity index (χ0v) is 11.3. The highest BCUT2D eigenvalue weighted by molar-refractivity contribution is 5.94. The number of hydrogen-bond donors (Lipinski definition) is 0. The van der Waals surface area contributed by atoms with Gasteiger partial charge < -0.3 is 14.2 Å². The smallest absolute Gasteiger partial charge is 0.406 e. The third kappa shape index (κ3) is 3.05. The summed E-state index contributed by atoms with van der Waals surface area (Å²) in [7, 11) is 0. The summed E-state index contributed by atoms with van der Waals surface area (Å²) in [6, 6.07) is 5.04. The fourth-order valence-electron chi connectivity index (χ4n) is 2.32. The highest BCUT2D eigenvalue weighted by atomic mass is 19.4. The summed E-state index contributed by atoms with van der Waals surface area (Å²) in [4.78, 5) is 13.9. The van der Waals surface area contributed by atoms with E-state index in [0.29, 0.717) is 19.5 Å². The lowest BCUT2D eigenvalue weighted by molar-refractivity contribution is -0.274. The van der Waals surface area contributed by atoms with E-state index in [9.17, 15) is 18.0 Å². The van der Waals surface area contributed by atoms with Crippen LogP contribution in [0.15, 0.2) is 35.0 Å². The van der Waals surface area contributed by atoms with E-state index in [1.54, 1.807) is 0 Å². The number of aromatic nitrogens is 1. The van der Waals surface area contributed by atoms with Gasteiger partial charge in [-0.3, -0.25) is 4.79 Å². The van der Waals surface area contributed by atoms with Crippen LogP contribution in [0.25, 0.3) is 0 Å². The molecule has 0 radical (unpaired) electrons. The number of fused-ring (bicyclic) bond motifs is 1. The molecule has 1 aromatic heterocycles. The van der Waals surface area contributed by atoms with E-state index in [0.717, 1.165) is 23.5 Å². The maximum Gasteiger partial charge on any atom is 0.573 e. The second kappa shape index (κ2) is 5.36. The van der Waals surface area contributed by atoms with Gasteiger partial charge in [-0.05, 0) is 18.2 Å². The van der Waals surface area contributed by atoms with Crippen molar-refractivity contribution in [1.29, 1.82) is 0 Å². The number of carbonyl (C=O) groups is 1. The Labute approximate surface area is 123 Å². The summed E-state index contributed by atoms with van der Waals surface area (Å²) in [6.07, 6.45) is -2.72. The number of amides is 1. The molecule has 8 heteroatoms. The van der Waals surface area contributed by atoms with E-state index in [2.05, 4.69) is 9.89 Å². The molecule has 1 aromatic carbocycles. The van der Waals surface area contributed by atoms with Gasteiger partial charge >= 0.3 is 6.36 Å². The average molecular weight is 312 g/mol. The van der Waals surface area contributed by atoms with Crippen LogP contribution in [0.4, 0.5) is 13.2 Å². The van der Waals surface area contributed by atoms with Gasteiger partial charge in [0.05, 0.1) is 12.7 Å². The van der Waals surface area contributed by atoms with Crippen LogP contribution in [0.3, 0.4) is 0 Å². The summed E-state index contributed by atoms with van der Waals surface area (Å²) in [5.74, 6) is -0.0429. The predicted molar refractivity (Wildman–Crippen MR) is 68.1 cm³/mol. The van der Waals surface area contributed by atoms with E-state index in [1.807, 2.05) is 0 Å². The third-order valence-corrected chi connectivity index (χ3v) is 3.30. The van der Waals surface area contributed by atoms with Gasteiger partial charge in [0.1, 0.15) is 11.5 Å². The Bertz CT molecular complexity index is 697. The van der Waals surface area contributed by atoms with Gasteiger partial charge in [-0.2, -0.15) is 0 Å². The minimum Gasteiger partial charge on any atom is -0.406 e. The van der Waals surface area contributed by atoms with E-state index in [-0.39, 0.29) is 11.5 Å². The Kier molecular flexibility index (Phi) is 3.51. The first-order valence-electron chi connectivity index (χ1n) is 6.50. The number of benzene rings is 1. The van der Waals surface area contributed by atoms with Crippen molar-refractivity contribution in [3.8, 4) is 5.75 Å². The molecule has 3 rings (SSSR count). The molecule has 22 heavy (non-hydrogen) atoms. The van der Waals surface area contributed by atoms with Gasteiger partial charge in [0.2, 0.25) is 0 Å². The van der Waals surface area contributed by atoms with Gasteiger partial charge in [-0.1, -0.05) is 11.2 Å². The SMILES string of the molecule is O=C(c1cccc(OC(F)(F)F)c1)N1CCc2oncc2C1. The van der Waals surface area contributed by atoms with Crippen LogP contribution in [0.1, 0.15) is 21.7 Å². The van der Waals surface area contributed by atoms with Crippen LogP contribution < -0.4 is 4.74 Å². The van der Waals surface area contributed by atoms with Gasteiger partial charge in [0.25, 0.3) is 5.91 Å². The molecular formula is C14H11F3N2O3. The first kappa shape index (κ1) is 14.4. The normalized spacial score (nSPS) is 14.6. The molecule has 0 fully saturated rings. The Hall–Kier alpha value is -2.51. The molecular weight excluding hydrogens is 301 g/mol. The number of nitrogens with zero attached hydrogens (tertiary/aromatic N) is 2. The van der Waals surface area contributed by atoms with E-state index in [4.69, 9.17) is 4.52 Å². The van der Waals surface area contributed by atoms with Gasteiger partial charge in [0.15, 0.2) is 0 Å². The van der Waals surface area contributed by atoms with E-state index < -0.39 is 12.1 Å². The van der Waals surface area contributed by atoms with Gasteiger partial charge in [0, 0.05) is 24.1 Å². The molecule has 0 spiro atoms. The lowest BCUT2D eigenvalue weighted by Gasteiger charge is -2.25. The zero-order chi connectivity index (χ0) is 15.7. The van der Waals surface area contributed by atoms with Crippen LogP contribution in [-0.4, -0.2) is 28.9 Å². The highest BCUT2D eigenvalue weighted by Gasteiger charge is 2.31. The number of halogens is 3. The lowest BCUT2D eigenvalue weighted by Crippen LogP contribution is -2.35. The van der Waals surface area contributed by atoms with Crippen molar-refractivity contribution in [1.82, 2.24) is 10.1 Å². The molecule has 2 aromatic rings. The van der Waals surface area contributed by atoms with Crippen molar-refractivity contribution in [2.24, 2.45) is 0 Å². The second-order valence-electron chi connectivity index (χ2n) is 4.83. The molecule has 0 bridgehead atoms. The second-order valence-corrected chi connectivity index (χ2v) is 4.83. The summed E-state index contributed by atoms with van der Waals surface area (Å²) in [5.41, 5.74) is 0.948. The molecule has 0 atom stereocenters. The maximum absolute atomic E-state index is 12.4. The molecule has 0 aliphatic carbocycles. The minimum absolute atomic E-state index is 0.140. The van der Waals surface area contributed by atoms with E-state index >= 15 is 0 Å². The summed E-state index contributed by atoms with van der Waals surface area (Å²) >= 11 is 0. The average Bonchev–Trinajstić information content (AvgIpc) is 2.92. The largest absolute Gasteiger partial charge is 0.573 e. The standard InChI is InChI=1S/C14H11F3N2O3/c15-14(16,17)21-11-3-1-2-9(6-11)13(20)19-5-4-12-10(8-19)7-18-22-12/h1-3,6-7H,4-5,8H2. The fraction of sp³-hybridized carbons (Fsp3) is 0.286. The predicted octanol–water partition coefficient (Wildman–Crippen LogP) is 2.77. The van der Waals surface area contributed by atoms with Crippen molar-refractivity contribution in [3.63, 3.8) is 0 Å². The quantitative estimate of drug-likeness (QED) is 0.855. The lowest BCUT2D eigenvalue weighted by atomic mass is 10.1. The van der Waals surface area contributed by atoms with Crippen molar-refractivity contribution in [2.75, 3.05) is 6.54 Å². The molecule has 2 heterocycles. The molecule has 0 N–H and O–H groups in total. The molecule has 116 valence electrons. The monoisotopic (exact) mass is 312 g/mol. The van der Waals surface area contributed by atoms with Crippen molar-refractivity contribution in [3.05, 3.63) is 47.3 Å². The van der Waals surface area contributed by atoms with Gasteiger partial charge in [-0.25, -0.2) is 0 Å². The van der Waals surface area contributed by atoms with Crippen molar-refractivity contribution in [2.45, 2.75) is 19.3 Å². The Morgan fingerprint density at radius 1 is 1.36 bits per heavy atom. The van der Waals surface area contributed by atoms with E-state index in [1.165, 1.54) is 23.2 Å². The van der Waals surface area contributed by atoms with Crippen LogP contribution in [-0.2, 0) is 13.0 Å². The Balaban J connectivity index is 1.77. The summed E-state index contributed by atoms with van der Waals surface area (Å²) in [6.45, 7) is 0.743. The number of carbonyl (C=O) groups excluding carboxylic acids is 1. The first-order chi connectivity index (χ1) is 10.4. The number of hydrogen-bond acceptors (Lipinski definition) is 4. The summed E-state index contributed by atoms with van der Waals surface area (Å²) < 4.78 is 45.5. The molecule has 5 nitrogen and oxygen atoms in total. The Morgan fingerprint density at radius 3 is 2.95 bits per heavy atom. The third-order valence-electron chi connectivity index (χ3n) is 3.30. The van der Waals surface area contributed by atoms with Crippen LogP contribution >= 0.6 is 0 Å². The van der Waals surface area contributed by atoms with Crippen molar-refractivity contribution < 1.29 is 27.2 Å². The number of ether oxygens (including phenoxy) is 1. The number of rotatable bonds is 2. The minimum atomic E-state index is -4.79. The topological polar surface area (TPSA) is 55.6 Å². The zero-order valence-electron chi connectivity index (χ0n) is 11.3. The van der Waals surface area contributed by atoms with Crippen LogP contribution in [0, 0.1) is 0 Å². The molecule has 1 aliphatic heterocycles. The van der Waals surface area contributed by atoms with Crippen LogP contribution in [0.2, 0.25) is 0 Å². The number of alkyl halides is 3.